The maximum atomic E-state index is 9.54. The van der Waals surface area contributed by atoms with Crippen LogP contribution in [0.4, 0.5) is 0 Å². The lowest BCUT2D eigenvalue weighted by molar-refractivity contribution is 0.183. The predicted molar refractivity (Wildman–Crippen MR) is 69.2 cm³/mol. The molecule has 0 amide bonds. The first-order chi connectivity index (χ1) is 8.06. The number of benzene rings is 1. The second kappa shape index (κ2) is 6.59. The minimum Gasteiger partial charge on any atom is -0.496 e. The third-order valence-electron chi connectivity index (χ3n) is 2.57. The number of aliphatic hydroxyl groups is 1. The first-order valence-electron chi connectivity index (χ1n) is 5.75. The quantitative estimate of drug-likeness (QED) is 0.763. The fourth-order valence-electron chi connectivity index (χ4n) is 1.78. The normalized spacial score (nSPS) is 12.8. The van der Waals surface area contributed by atoms with E-state index in [2.05, 4.69) is 11.0 Å². The van der Waals surface area contributed by atoms with Crippen molar-refractivity contribution >= 4 is 0 Å². The lowest BCUT2D eigenvalue weighted by atomic mass is 10.0. The summed E-state index contributed by atoms with van der Waals surface area (Å²) in [6.45, 7) is 1.10. The molecule has 0 bridgehead atoms. The van der Waals surface area contributed by atoms with Crippen LogP contribution in [0.3, 0.4) is 0 Å². The molecule has 0 spiro atoms. The van der Waals surface area contributed by atoms with E-state index in [1.165, 1.54) is 0 Å². The smallest absolute Gasteiger partial charge is 0.123 e. The molecule has 1 rings (SSSR count). The zero-order valence-electron chi connectivity index (χ0n) is 10.8. The highest BCUT2D eigenvalue weighted by atomic mass is 16.5. The fourth-order valence-corrected chi connectivity index (χ4v) is 1.78. The molecular weight excluding hydrogens is 216 g/mol. The van der Waals surface area contributed by atoms with Crippen molar-refractivity contribution in [3.05, 3.63) is 29.3 Å². The summed E-state index contributed by atoms with van der Waals surface area (Å²) >= 11 is 0. The van der Waals surface area contributed by atoms with Crippen LogP contribution in [0.5, 0.6) is 5.75 Å². The number of methoxy groups -OCH3 is 1. The molecule has 3 N–H and O–H groups in total. The minimum atomic E-state index is -0.476. The molecule has 0 aromatic heterocycles. The number of hydrogen-bond acceptors (Lipinski definition) is 4. The molecular formula is C13H22N2O2. The molecule has 0 saturated carbocycles. The van der Waals surface area contributed by atoms with E-state index in [4.69, 9.17) is 10.5 Å². The maximum absolute atomic E-state index is 9.54. The van der Waals surface area contributed by atoms with Crippen LogP contribution in [-0.2, 0) is 13.0 Å². The van der Waals surface area contributed by atoms with Crippen molar-refractivity contribution in [3.63, 3.8) is 0 Å². The van der Waals surface area contributed by atoms with Crippen LogP contribution in [0.1, 0.15) is 11.1 Å². The minimum absolute atomic E-state index is 0.287. The zero-order valence-corrected chi connectivity index (χ0v) is 10.8. The average Bonchev–Trinajstić information content (AvgIpc) is 2.28. The van der Waals surface area contributed by atoms with Crippen molar-refractivity contribution in [2.75, 3.05) is 27.7 Å². The van der Waals surface area contributed by atoms with Gasteiger partial charge >= 0.3 is 0 Å². The van der Waals surface area contributed by atoms with Gasteiger partial charge in [0.15, 0.2) is 0 Å². The van der Waals surface area contributed by atoms with E-state index in [0.29, 0.717) is 6.42 Å². The summed E-state index contributed by atoms with van der Waals surface area (Å²) in [7, 11) is 5.70. The van der Waals surface area contributed by atoms with Crippen molar-refractivity contribution in [1.29, 1.82) is 0 Å². The highest BCUT2D eigenvalue weighted by Crippen LogP contribution is 2.21. The number of hydrogen-bond donors (Lipinski definition) is 2. The Morgan fingerprint density at radius 1 is 1.41 bits per heavy atom. The van der Waals surface area contributed by atoms with Gasteiger partial charge in [0.05, 0.1) is 13.2 Å². The van der Waals surface area contributed by atoms with Crippen LogP contribution < -0.4 is 10.5 Å². The molecule has 0 aliphatic heterocycles. The second-order valence-electron chi connectivity index (χ2n) is 4.48. The van der Waals surface area contributed by atoms with E-state index in [-0.39, 0.29) is 6.54 Å². The van der Waals surface area contributed by atoms with Gasteiger partial charge in [-0.15, -0.1) is 0 Å². The number of ether oxygens (including phenoxy) is 1. The van der Waals surface area contributed by atoms with E-state index in [1.807, 2.05) is 26.2 Å². The molecule has 0 aliphatic carbocycles. The van der Waals surface area contributed by atoms with E-state index in [1.54, 1.807) is 7.11 Å². The highest BCUT2D eigenvalue weighted by molar-refractivity contribution is 5.37. The van der Waals surface area contributed by atoms with Gasteiger partial charge < -0.3 is 20.5 Å². The molecule has 1 aromatic carbocycles. The van der Waals surface area contributed by atoms with Crippen LogP contribution >= 0.6 is 0 Å². The summed E-state index contributed by atoms with van der Waals surface area (Å²) in [5.74, 6) is 0.879. The zero-order chi connectivity index (χ0) is 12.8. The Kier molecular flexibility index (Phi) is 5.41. The molecule has 0 aliphatic rings. The number of nitrogens with zero attached hydrogens (tertiary/aromatic N) is 1. The molecule has 0 saturated heterocycles. The van der Waals surface area contributed by atoms with E-state index in [0.717, 1.165) is 23.4 Å². The second-order valence-corrected chi connectivity index (χ2v) is 4.48. The Balaban J connectivity index is 2.88. The van der Waals surface area contributed by atoms with E-state index in [9.17, 15) is 5.11 Å². The SMILES string of the molecule is COc1ccc(CC(O)CN)cc1CN(C)C. The van der Waals surface area contributed by atoms with Crippen molar-refractivity contribution in [3.8, 4) is 5.75 Å². The van der Waals surface area contributed by atoms with Gasteiger partial charge in [-0.1, -0.05) is 12.1 Å². The van der Waals surface area contributed by atoms with Gasteiger partial charge in [-0.3, -0.25) is 0 Å². The third-order valence-corrected chi connectivity index (χ3v) is 2.57. The maximum Gasteiger partial charge on any atom is 0.123 e. The first-order valence-corrected chi connectivity index (χ1v) is 5.75. The molecule has 96 valence electrons. The van der Waals surface area contributed by atoms with Gasteiger partial charge in [0.2, 0.25) is 0 Å². The van der Waals surface area contributed by atoms with E-state index >= 15 is 0 Å². The lowest BCUT2D eigenvalue weighted by Crippen LogP contribution is -2.22. The van der Waals surface area contributed by atoms with Crippen LogP contribution in [0.15, 0.2) is 18.2 Å². The Morgan fingerprint density at radius 2 is 2.12 bits per heavy atom. The van der Waals surface area contributed by atoms with Crippen molar-refractivity contribution in [2.45, 2.75) is 19.1 Å². The molecule has 4 nitrogen and oxygen atoms in total. The molecule has 0 heterocycles. The van der Waals surface area contributed by atoms with Gasteiger partial charge in [0.25, 0.3) is 0 Å². The summed E-state index contributed by atoms with van der Waals surface area (Å²) in [5.41, 5.74) is 7.62. The largest absolute Gasteiger partial charge is 0.496 e. The van der Waals surface area contributed by atoms with Crippen LogP contribution in [0.2, 0.25) is 0 Å². The van der Waals surface area contributed by atoms with Crippen LogP contribution in [-0.4, -0.2) is 43.9 Å². The monoisotopic (exact) mass is 238 g/mol. The summed E-state index contributed by atoms with van der Waals surface area (Å²) in [5, 5.41) is 9.54. The molecule has 1 aromatic rings. The number of aliphatic hydroxyl groups excluding tert-OH is 1. The van der Waals surface area contributed by atoms with Gasteiger partial charge in [0, 0.05) is 18.7 Å². The van der Waals surface area contributed by atoms with Crippen LogP contribution in [0.25, 0.3) is 0 Å². The molecule has 4 heteroatoms. The topological polar surface area (TPSA) is 58.7 Å². The summed E-state index contributed by atoms with van der Waals surface area (Å²) in [6, 6.07) is 5.98. The van der Waals surface area contributed by atoms with Gasteiger partial charge in [0.1, 0.15) is 5.75 Å². The Hall–Kier alpha value is -1.10. The standard InChI is InChI=1S/C13H22N2O2/c1-15(2)9-11-6-10(7-12(16)8-14)4-5-13(11)17-3/h4-6,12,16H,7-9,14H2,1-3H3. The summed E-state index contributed by atoms with van der Waals surface area (Å²) in [6.07, 6.45) is 0.108. The summed E-state index contributed by atoms with van der Waals surface area (Å²) in [4.78, 5) is 2.08. The van der Waals surface area contributed by atoms with Crippen molar-refractivity contribution < 1.29 is 9.84 Å². The fraction of sp³-hybridized carbons (Fsp3) is 0.538. The molecule has 1 unspecified atom stereocenters. The Labute approximate surface area is 103 Å². The number of nitrogens with two attached hydrogens (primary N) is 1. The molecule has 0 fully saturated rings. The molecule has 1 atom stereocenters. The van der Waals surface area contributed by atoms with E-state index < -0.39 is 6.10 Å². The van der Waals surface area contributed by atoms with Crippen molar-refractivity contribution in [2.24, 2.45) is 5.73 Å². The number of rotatable bonds is 6. The third kappa shape index (κ3) is 4.34. The molecule has 0 radical (unpaired) electrons. The predicted octanol–water partition coefficient (Wildman–Crippen LogP) is 0.619. The Bertz CT molecular complexity index is 353. The first kappa shape index (κ1) is 14.0. The van der Waals surface area contributed by atoms with Gasteiger partial charge in [-0.2, -0.15) is 0 Å². The lowest BCUT2D eigenvalue weighted by Gasteiger charge is -2.15. The summed E-state index contributed by atoms with van der Waals surface area (Å²) < 4.78 is 5.32. The average molecular weight is 238 g/mol. The molecule has 17 heavy (non-hydrogen) atoms. The van der Waals surface area contributed by atoms with Gasteiger partial charge in [-0.05, 0) is 32.1 Å². The van der Waals surface area contributed by atoms with Crippen molar-refractivity contribution in [1.82, 2.24) is 4.90 Å². The highest BCUT2D eigenvalue weighted by Gasteiger charge is 2.08. The van der Waals surface area contributed by atoms with Crippen LogP contribution in [0, 0.1) is 0 Å². The Morgan fingerprint density at radius 3 is 2.65 bits per heavy atom. The van der Waals surface area contributed by atoms with Gasteiger partial charge in [-0.25, -0.2) is 0 Å².